The molecule has 0 amide bonds. The van der Waals surface area contributed by atoms with E-state index in [4.69, 9.17) is 5.11 Å². The highest BCUT2D eigenvalue weighted by molar-refractivity contribution is 5.67. The lowest BCUT2D eigenvalue weighted by atomic mass is 10.00. The Morgan fingerprint density at radius 2 is 1.36 bits per heavy atom. The minimum Gasteiger partial charge on any atom is -0.481 e. The van der Waals surface area contributed by atoms with Crippen LogP contribution in [0.4, 0.5) is 0 Å². The topological polar surface area (TPSA) is 98.0 Å². The van der Waals surface area contributed by atoms with Crippen LogP contribution in [0.15, 0.2) is 24.3 Å². The molecule has 164 valence electrons. The van der Waals surface area contributed by atoms with Gasteiger partial charge in [-0.25, -0.2) is 0 Å². The van der Waals surface area contributed by atoms with Gasteiger partial charge in [-0.15, -0.1) is 0 Å². The van der Waals surface area contributed by atoms with E-state index in [9.17, 15) is 20.1 Å². The van der Waals surface area contributed by atoms with Gasteiger partial charge in [-0.2, -0.15) is 0 Å². The van der Waals surface area contributed by atoms with Crippen molar-refractivity contribution >= 4 is 5.97 Å². The number of aliphatic carboxylic acids is 1. The van der Waals surface area contributed by atoms with Crippen molar-refractivity contribution in [3.8, 4) is 0 Å². The highest BCUT2D eigenvalue weighted by Gasteiger charge is 2.22. The highest BCUT2D eigenvalue weighted by Crippen LogP contribution is 2.14. The number of hydrogen-bond acceptors (Lipinski definition) is 4. The van der Waals surface area contributed by atoms with E-state index in [1.165, 1.54) is 38.5 Å². The van der Waals surface area contributed by atoms with Crippen LogP contribution in [0.1, 0.15) is 96.8 Å². The van der Waals surface area contributed by atoms with Crippen molar-refractivity contribution in [1.82, 2.24) is 0 Å². The van der Waals surface area contributed by atoms with Crippen LogP contribution < -0.4 is 0 Å². The molecule has 0 aliphatic heterocycles. The quantitative estimate of drug-likeness (QED) is 0.186. The third kappa shape index (κ3) is 18.2. The number of allylic oxidation sites excluding steroid dienone is 4. The van der Waals surface area contributed by atoms with E-state index in [0.717, 1.165) is 32.1 Å². The summed E-state index contributed by atoms with van der Waals surface area (Å²) < 4.78 is 0. The van der Waals surface area contributed by atoms with Crippen molar-refractivity contribution in [1.29, 1.82) is 0 Å². The molecule has 0 aromatic heterocycles. The Morgan fingerprint density at radius 1 is 0.786 bits per heavy atom. The molecular weight excluding hydrogens is 356 g/mol. The van der Waals surface area contributed by atoms with Crippen LogP contribution in [0.5, 0.6) is 0 Å². The van der Waals surface area contributed by atoms with Crippen LogP contribution in [-0.2, 0) is 4.79 Å². The van der Waals surface area contributed by atoms with Crippen LogP contribution >= 0.6 is 0 Å². The summed E-state index contributed by atoms with van der Waals surface area (Å²) in [6, 6.07) is 0. The normalized spacial score (nSPS) is 15.3. The lowest BCUT2D eigenvalue weighted by Crippen LogP contribution is -2.31. The van der Waals surface area contributed by atoms with Gasteiger partial charge >= 0.3 is 5.97 Å². The number of carbonyl (C=O) groups is 1. The first-order chi connectivity index (χ1) is 13.5. The smallest absolute Gasteiger partial charge is 0.306 e. The predicted molar refractivity (Wildman–Crippen MR) is 114 cm³/mol. The molecule has 5 nitrogen and oxygen atoms in total. The minimum atomic E-state index is -1.32. The zero-order valence-corrected chi connectivity index (χ0v) is 17.6. The second-order valence-corrected chi connectivity index (χ2v) is 7.64. The van der Waals surface area contributed by atoms with Gasteiger partial charge in [0, 0.05) is 6.42 Å². The van der Waals surface area contributed by atoms with Crippen molar-refractivity contribution < 1.29 is 25.2 Å². The molecule has 0 aliphatic carbocycles. The van der Waals surface area contributed by atoms with Gasteiger partial charge in [0.25, 0.3) is 0 Å². The maximum absolute atomic E-state index is 10.5. The van der Waals surface area contributed by atoms with Gasteiger partial charge in [0.2, 0.25) is 0 Å². The van der Waals surface area contributed by atoms with Gasteiger partial charge in [-0.1, -0.05) is 69.8 Å². The van der Waals surface area contributed by atoms with Crippen LogP contribution in [0.3, 0.4) is 0 Å². The number of carboxylic acids is 1. The predicted octanol–water partition coefficient (Wildman–Crippen LogP) is 4.75. The van der Waals surface area contributed by atoms with Gasteiger partial charge in [-0.3, -0.25) is 4.79 Å². The Balaban J connectivity index is 3.49. The molecule has 0 saturated heterocycles. The summed E-state index contributed by atoms with van der Waals surface area (Å²) in [5.41, 5.74) is 0. The summed E-state index contributed by atoms with van der Waals surface area (Å²) in [4.78, 5) is 10.5. The largest absolute Gasteiger partial charge is 0.481 e. The van der Waals surface area contributed by atoms with Crippen LogP contribution in [0.25, 0.3) is 0 Å². The molecule has 0 bridgehead atoms. The maximum Gasteiger partial charge on any atom is 0.306 e. The van der Waals surface area contributed by atoms with Crippen molar-refractivity contribution in [2.75, 3.05) is 0 Å². The van der Waals surface area contributed by atoms with E-state index in [1.807, 2.05) is 0 Å². The Morgan fingerprint density at radius 3 is 1.96 bits per heavy atom. The SMILES string of the molecule is CCCCC/C=C\C/C=C\CCCCCCCC(O)CC(O)C(O)CC(=O)O. The van der Waals surface area contributed by atoms with E-state index in [1.54, 1.807) is 0 Å². The number of aliphatic hydroxyl groups is 3. The third-order valence-electron chi connectivity index (χ3n) is 4.83. The third-order valence-corrected chi connectivity index (χ3v) is 4.83. The molecule has 5 heteroatoms. The van der Waals surface area contributed by atoms with Gasteiger partial charge < -0.3 is 20.4 Å². The standard InChI is InChI=1S/C23H42O5/c1-2-3-4-5-6-7-8-9-10-11-12-13-14-15-16-17-20(24)18-21(25)22(26)19-23(27)28/h6-7,9-10,20-22,24-26H,2-5,8,11-19H2,1H3,(H,27,28)/b7-6-,10-9-. The molecule has 0 aromatic rings. The van der Waals surface area contributed by atoms with E-state index >= 15 is 0 Å². The number of unbranched alkanes of at least 4 members (excludes halogenated alkanes) is 8. The van der Waals surface area contributed by atoms with Gasteiger partial charge in [0.15, 0.2) is 0 Å². The second kappa shape index (κ2) is 19.2. The van der Waals surface area contributed by atoms with Crippen LogP contribution in [0, 0.1) is 0 Å². The Hall–Kier alpha value is -1.17. The average molecular weight is 399 g/mol. The molecule has 3 unspecified atom stereocenters. The monoisotopic (exact) mass is 398 g/mol. The Labute approximate surface area is 171 Å². The molecule has 0 spiro atoms. The van der Waals surface area contributed by atoms with Gasteiger partial charge in [0.1, 0.15) is 0 Å². The molecule has 28 heavy (non-hydrogen) atoms. The van der Waals surface area contributed by atoms with E-state index in [2.05, 4.69) is 31.2 Å². The lowest BCUT2D eigenvalue weighted by Gasteiger charge is -2.19. The molecule has 0 rings (SSSR count). The fourth-order valence-electron chi connectivity index (χ4n) is 3.06. The first kappa shape index (κ1) is 26.8. The zero-order chi connectivity index (χ0) is 21.0. The average Bonchev–Trinajstić information content (AvgIpc) is 2.64. The van der Waals surface area contributed by atoms with Gasteiger partial charge in [0.05, 0.1) is 24.7 Å². The molecule has 3 atom stereocenters. The molecule has 0 heterocycles. The minimum absolute atomic E-state index is 0.0201. The van der Waals surface area contributed by atoms with Crippen LogP contribution in [0.2, 0.25) is 0 Å². The Kier molecular flexibility index (Phi) is 18.4. The molecule has 0 aromatic carbocycles. The highest BCUT2D eigenvalue weighted by atomic mass is 16.4. The van der Waals surface area contributed by atoms with E-state index < -0.39 is 30.7 Å². The van der Waals surface area contributed by atoms with Crippen molar-refractivity contribution in [3.05, 3.63) is 24.3 Å². The fraction of sp³-hybridized carbons (Fsp3) is 0.783. The van der Waals surface area contributed by atoms with E-state index in [-0.39, 0.29) is 6.42 Å². The van der Waals surface area contributed by atoms with Gasteiger partial charge in [-0.05, 0) is 38.5 Å². The Bertz CT molecular complexity index is 419. The zero-order valence-electron chi connectivity index (χ0n) is 17.6. The molecule has 4 N–H and O–H groups in total. The number of hydrogen-bond donors (Lipinski definition) is 4. The maximum atomic E-state index is 10.5. The fourth-order valence-corrected chi connectivity index (χ4v) is 3.06. The molecule has 0 saturated carbocycles. The summed E-state index contributed by atoms with van der Waals surface area (Å²) in [5.74, 6) is -1.16. The van der Waals surface area contributed by atoms with E-state index in [0.29, 0.717) is 6.42 Å². The summed E-state index contributed by atoms with van der Waals surface area (Å²) in [5, 5.41) is 37.6. The van der Waals surface area contributed by atoms with Crippen molar-refractivity contribution in [3.63, 3.8) is 0 Å². The summed E-state index contributed by atoms with van der Waals surface area (Å²) >= 11 is 0. The molecule has 0 radical (unpaired) electrons. The van der Waals surface area contributed by atoms with Crippen molar-refractivity contribution in [2.45, 2.75) is 115 Å². The number of aliphatic hydroxyl groups excluding tert-OH is 3. The number of carboxylic acid groups (broad SMARTS) is 1. The molecular formula is C23H42O5. The molecule has 0 fully saturated rings. The number of rotatable bonds is 19. The molecule has 0 aliphatic rings. The first-order valence-electron chi connectivity index (χ1n) is 11.0. The van der Waals surface area contributed by atoms with Crippen molar-refractivity contribution in [2.24, 2.45) is 0 Å². The lowest BCUT2D eigenvalue weighted by molar-refractivity contribution is -0.141. The second-order valence-electron chi connectivity index (χ2n) is 7.64. The summed E-state index contributed by atoms with van der Waals surface area (Å²) in [6.07, 6.45) is 18.5. The van der Waals surface area contributed by atoms with Crippen LogP contribution in [-0.4, -0.2) is 44.7 Å². The summed E-state index contributed by atoms with van der Waals surface area (Å²) in [6.45, 7) is 2.22. The first-order valence-corrected chi connectivity index (χ1v) is 11.0. The summed E-state index contributed by atoms with van der Waals surface area (Å²) in [7, 11) is 0.